The highest BCUT2D eigenvalue weighted by molar-refractivity contribution is 7.85. The molecule has 2 aromatic rings. The maximum absolute atomic E-state index is 10.6. The van der Waals surface area contributed by atoms with Crippen molar-refractivity contribution in [3.8, 4) is 0 Å². The fraction of sp³-hybridized carbons (Fsp3) is 0.364. The van der Waals surface area contributed by atoms with E-state index in [0.29, 0.717) is 23.0 Å². The van der Waals surface area contributed by atoms with Crippen LogP contribution in [0, 0.1) is 6.92 Å². The van der Waals surface area contributed by atoms with Gasteiger partial charge < -0.3 is 8.97 Å². The van der Waals surface area contributed by atoms with Crippen molar-refractivity contribution in [3.05, 3.63) is 29.1 Å². The summed E-state index contributed by atoms with van der Waals surface area (Å²) in [7, 11) is -4.17. The summed E-state index contributed by atoms with van der Waals surface area (Å²) in [6.45, 7) is 2.18. The van der Waals surface area contributed by atoms with E-state index in [-0.39, 0.29) is 12.2 Å². The van der Waals surface area contributed by atoms with Crippen LogP contribution in [0.25, 0.3) is 11.1 Å². The molecular weight excluding hydrogens is 278 g/mol. The summed E-state index contributed by atoms with van der Waals surface area (Å²) in [5, 5.41) is 0.577. The van der Waals surface area contributed by atoms with Crippen molar-refractivity contribution in [1.82, 2.24) is 0 Å². The summed E-state index contributed by atoms with van der Waals surface area (Å²) in [5.74, 6) is 0.266. The first-order valence-electron chi connectivity index (χ1n) is 5.39. The molecule has 1 heterocycles. The van der Waals surface area contributed by atoms with Gasteiger partial charge in [-0.25, -0.2) is 8.42 Å². The van der Waals surface area contributed by atoms with E-state index in [1.165, 1.54) is 0 Å². The van der Waals surface area contributed by atoms with Crippen LogP contribution in [0.5, 0.6) is 0 Å². The molecule has 0 bridgehead atoms. The number of nitrogens with zero attached hydrogens (tertiary/aromatic N) is 1. The van der Waals surface area contributed by atoms with E-state index in [1.807, 2.05) is 4.57 Å². The molecule has 0 aliphatic carbocycles. The quantitative estimate of drug-likeness (QED) is 0.633. The zero-order valence-electron chi connectivity index (χ0n) is 9.72. The van der Waals surface area contributed by atoms with Gasteiger partial charge in [0.05, 0.1) is 17.0 Å². The molecule has 7 heteroatoms. The van der Waals surface area contributed by atoms with Gasteiger partial charge >= 0.3 is 5.89 Å². The molecule has 0 saturated carbocycles. The molecule has 0 spiro atoms. The number of hydrogen-bond donors (Lipinski definition) is 0. The molecule has 0 saturated heterocycles. The summed E-state index contributed by atoms with van der Waals surface area (Å²) in [6.07, 6.45) is 0.248. The minimum Gasteiger partial charge on any atom is -0.748 e. The lowest BCUT2D eigenvalue weighted by molar-refractivity contribution is -0.682. The molecule has 0 unspecified atom stereocenters. The van der Waals surface area contributed by atoms with Crippen molar-refractivity contribution in [1.29, 1.82) is 0 Å². The number of hydrogen-bond acceptors (Lipinski definition) is 4. The predicted octanol–water partition coefficient (Wildman–Crippen LogP) is 1.62. The molecule has 98 valence electrons. The van der Waals surface area contributed by atoms with Crippen LogP contribution in [0.15, 0.2) is 22.6 Å². The van der Waals surface area contributed by atoms with Crippen molar-refractivity contribution in [2.24, 2.45) is 0 Å². The number of aryl methyl sites for hydroxylation is 2. The summed E-state index contributed by atoms with van der Waals surface area (Å²) in [6, 6.07) is 5.23. The van der Waals surface area contributed by atoms with Gasteiger partial charge in [0.25, 0.3) is 5.52 Å². The van der Waals surface area contributed by atoms with Crippen LogP contribution in [0.2, 0.25) is 5.02 Å². The smallest absolute Gasteiger partial charge is 0.344 e. The van der Waals surface area contributed by atoms with E-state index in [1.54, 1.807) is 25.1 Å². The van der Waals surface area contributed by atoms with Crippen molar-refractivity contribution in [2.75, 3.05) is 5.75 Å². The third-order valence-corrected chi connectivity index (χ3v) is 3.65. The van der Waals surface area contributed by atoms with Crippen molar-refractivity contribution >= 4 is 32.8 Å². The Kier molecular flexibility index (Phi) is 3.61. The molecule has 1 aromatic carbocycles. The van der Waals surface area contributed by atoms with Crippen molar-refractivity contribution in [3.63, 3.8) is 0 Å². The van der Waals surface area contributed by atoms with E-state index in [2.05, 4.69) is 0 Å². The molecule has 5 nitrogen and oxygen atoms in total. The van der Waals surface area contributed by atoms with Gasteiger partial charge in [-0.2, -0.15) is 4.57 Å². The second-order valence-corrected chi connectivity index (χ2v) is 5.96. The van der Waals surface area contributed by atoms with Gasteiger partial charge in [0.2, 0.25) is 5.58 Å². The molecule has 0 aliphatic rings. The molecular formula is C11H12ClNO4S. The summed E-state index contributed by atoms with van der Waals surface area (Å²) in [5.41, 5.74) is 1.48. The molecule has 0 aliphatic heterocycles. The lowest BCUT2D eigenvalue weighted by Gasteiger charge is -2.03. The molecule has 1 aromatic heterocycles. The lowest BCUT2D eigenvalue weighted by Crippen LogP contribution is -2.36. The standard InChI is InChI=1S/C11H12ClNO4S/c1-8-13(5-2-6-18(14,15)16)10-7-9(12)3-4-11(10)17-8/h3-4,7H,2,5-6H2,1H3. The normalized spacial score (nSPS) is 12.2. The Bertz CT molecular complexity index is 678. The van der Waals surface area contributed by atoms with Gasteiger partial charge in [-0.3, -0.25) is 0 Å². The van der Waals surface area contributed by atoms with E-state index >= 15 is 0 Å². The first kappa shape index (κ1) is 13.3. The third-order valence-electron chi connectivity index (χ3n) is 2.63. The zero-order valence-corrected chi connectivity index (χ0v) is 11.3. The zero-order chi connectivity index (χ0) is 13.3. The van der Waals surface area contributed by atoms with Crippen LogP contribution in [0.1, 0.15) is 12.3 Å². The van der Waals surface area contributed by atoms with Gasteiger partial charge in [-0.15, -0.1) is 0 Å². The molecule has 0 N–H and O–H groups in total. The molecule has 18 heavy (non-hydrogen) atoms. The maximum atomic E-state index is 10.6. The van der Waals surface area contributed by atoms with Gasteiger partial charge in [0, 0.05) is 23.3 Å². The fourth-order valence-electron chi connectivity index (χ4n) is 1.85. The van der Waals surface area contributed by atoms with Crippen LogP contribution in [0.3, 0.4) is 0 Å². The van der Waals surface area contributed by atoms with E-state index in [4.69, 9.17) is 16.0 Å². The van der Waals surface area contributed by atoms with Crippen molar-refractivity contribution in [2.45, 2.75) is 19.9 Å². The van der Waals surface area contributed by atoms with Crippen LogP contribution in [0.4, 0.5) is 0 Å². The van der Waals surface area contributed by atoms with Gasteiger partial charge in [0.1, 0.15) is 0 Å². The summed E-state index contributed by atoms with van der Waals surface area (Å²) >= 11 is 5.91. The predicted molar refractivity (Wildman–Crippen MR) is 65.3 cm³/mol. The largest absolute Gasteiger partial charge is 0.748 e. The number of fused-ring (bicyclic) bond motifs is 1. The second-order valence-electron chi connectivity index (χ2n) is 4.00. The fourth-order valence-corrected chi connectivity index (χ4v) is 2.50. The van der Waals surface area contributed by atoms with Crippen LogP contribution in [-0.4, -0.2) is 18.7 Å². The minimum absolute atomic E-state index is 0.248. The van der Waals surface area contributed by atoms with Crippen molar-refractivity contribution < 1.29 is 22.0 Å². The molecule has 0 amide bonds. The van der Waals surface area contributed by atoms with E-state index in [9.17, 15) is 13.0 Å². The first-order chi connectivity index (χ1) is 8.37. The Morgan fingerprint density at radius 3 is 2.83 bits per heavy atom. The maximum Gasteiger partial charge on any atom is 0.344 e. The van der Waals surface area contributed by atoms with Gasteiger partial charge in [-0.05, 0) is 12.1 Å². The Balaban J connectivity index is 2.27. The van der Waals surface area contributed by atoms with Crippen LogP contribution < -0.4 is 4.57 Å². The first-order valence-corrected chi connectivity index (χ1v) is 7.34. The molecule has 0 atom stereocenters. The van der Waals surface area contributed by atoms with Gasteiger partial charge in [0.15, 0.2) is 6.54 Å². The number of benzene rings is 1. The average molecular weight is 290 g/mol. The molecule has 0 radical (unpaired) electrons. The van der Waals surface area contributed by atoms with Crippen LogP contribution >= 0.6 is 11.6 Å². The third kappa shape index (κ3) is 3.01. The summed E-state index contributed by atoms with van der Waals surface area (Å²) in [4.78, 5) is 0. The SMILES string of the molecule is Cc1oc2ccc(Cl)cc2[n+]1CCCS(=O)(=O)[O-]. The number of aromatic nitrogens is 1. The highest BCUT2D eigenvalue weighted by atomic mass is 35.5. The van der Waals surface area contributed by atoms with Crippen LogP contribution in [-0.2, 0) is 16.7 Å². The van der Waals surface area contributed by atoms with E-state index in [0.717, 1.165) is 5.52 Å². The number of halogens is 1. The average Bonchev–Trinajstić information content (AvgIpc) is 2.54. The Morgan fingerprint density at radius 1 is 1.44 bits per heavy atom. The molecule has 0 fully saturated rings. The Morgan fingerprint density at radius 2 is 2.17 bits per heavy atom. The number of rotatable bonds is 4. The molecule has 2 rings (SSSR count). The Labute approximate surface area is 110 Å². The van der Waals surface area contributed by atoms with E-state index < -0.39 is 10.1 Å². The lowest BCUT2D eigenvalue weighted by atomic mass is 10.3. The minimum atomic E-state index is -4.17. The topological polar surface area (TPSA) is 74.2 Å². The Hall–Kier alpha value is -1.11. The number of oxazole rings is 1. The monoisotopic (exact) mass is 289 g/mol. The highest BCUT2D eigenvalue weighted by Gasteiger charge is 2.19. The second kappa shape index (κ2) is 4.87. The highest BCUT2D eigenvalue weighted by Crippen LogP contribution is 2.18. The summed E-state index contributed by atoms with van der Waals surface area (Å²) < 4.78 is 39.0. The van der Waals surface area contributed by atoms with Gasteiger partial charge in [-0.1, -0.05) is 11.6 Å².